The third kappa shape index (κ3) is 3.58. The predicted octanol–water partition coefficient (Wildman–Crippen LogP) is 4.51. The van der Waals surface area contributed by atoms with E-state index < -0.39 is 0 Å². The van der Waals surface area contributed by atoms with Gasteiger partial charge in [-0.15, -0.1) is 22.9 Å². The van der Waals surface area contributed by atoms with Crippen molar-refractivity contribution in [1.29, 1.82) is 0 Å². The van der Waals surface area contributed by atoms with Gasteiger partial charge in [-0.3, -0.25) is 0 Å². The third-order valence-electron chi connectivity index (χ3n) is 3.99. The van der Waals surface area contributed by atoms with E-state index in [0.29, 0.717) is 5.88 Å². The maximum Gasteiger partial charge on any atom is 0.0929 e. The number of fused-ring (bicyclic) bond motifs is 1. The van der Waals surface area contributed by atoms with Crippen LogP contribution in [0.25, 0.3) is 0 Å². The summed E-state index contributed by atoms with van der Waals surface area (Å²) in [6, 6.07) is 8.83. The first kappa shape index (κ1) is 14.9. The summed E-state index contributed by atoms with van der Waals surface area (Å²) in [7, 11) is 0. The Morgan fingerprint density at radius 2 is 2.24 bits per heavy atom. The number of benzene rings is 1. The van der Waals surface area contributed by atoms with Gasteiger partial charge in [-0.2, -0.15) is 0 Å². The Bertz CT molecular complexity index is 596. The quantitative estimate of drug-likeness (QED) is 0.753. The molecule has 21 heavy (non-hydrogen) atoms. The van der Waals surface area contributed by atoms with Gasteiger partial charge in [0.25, 0.3) is 0 Å². The zero-order valence-corrected chi connectivity index (χ0v) is 14.0. The molecule has 2 heterocycles. The lowest BCUT2D eigenvalue weighted by atomic mass is 9.94. The minimum atomic E-state index is 0.521. The van der Waals surface area contributed by atoms with Gasteiger partial charge in [-0.1, -0.05) is 25.1 Å². The molecule has 0 bridgehead atoms. The molecule has 4 heteroatoms. The van der Waals surface area contributed by atoms with Crippen LogP contribution in [0.5, 0.6) is 0 Å². The Morgan fingerprint density at radius 1 is 1.38 bits per heavy atom. The number of hydrogen-bond donors (Lipinski definition) is 0. The normalized spacial score (nSPS) is 17.8. The molecule has 1 unspecified atom stereocenters. The van der Waals surface area contributed by atoms with E-state index >= 15 is 0 Å². The summed E-state index contributed by atoms with van der Waals surface area (Å²) < 4.78 is 0. The van der Waals surface area contributed by atoms with Gasteiger partial charge in [0.05, 0.1) is 16.6 Å². The first-order chi connectivity index (χ1) is 10.3. The average Bonchev–Trinajstić information content (AvgIpc) is 2.95. The van der Waals surface area contributed by atoms with Crippen LogP contribution in [-0.4, -0.2) is 18.1 Å². The molecule has 0 N–H and O–H groups in total. The highest BCUT2D eigenvalue weighted by Crippen LogP contribution is 2.29. The third-order valence-corrected chi connectivity index (χ3v) is 5.22. The monoisotopic (exact) mass is 320 g/mol. The van der Waals surface area contributed by atoms with Crippen molar-refractivity contribution in [1.82, 2.24) is 4.98 Å². The van der Waals surface area contributed by atoms with Crippen LogP contribution in [-0.2, 0) is 18.7 Å². The van der Waals surface area contributed by atoms with Crippen LogP contribution in [0.1, 0.15) is 29.6 Å². The molecule has 0 saturated carbocycles. The molecular weight excluding hydrogens is 300 g/mol. The molecule has 0 fully saturated rings. The summed E-state index contributed by atoms with van der Waals surface area (Å²) in [6.07, 6.45) is 3.41. The van der Waals surface area contributed by atoms with E-state index in [1.165, 1.54) is 29.2 Å². The van der Waals surface area contributed by atoms with Crippen molar-refractivity contribution in [2.45, 2.75) is 32.1 Å². The Labute approximate surface area is 135 Å². The van der Waals surface area contributed by atoms with Crippen LogP contribution < -0.4 is 4.90 Å². The lowest BCUT2D eigenvalue weighted by Gasteiger charge is -2.34. The lowest BCUT2D eigenvalue weighted by Crippen LogP contribution is -2.35. The topological polar surface area (TPSA) is 16.1 Å². The SMILES string of the molecule is CC1Cc2ccccc2N(CCCc2nc(CCl)cs2)C1. The molecular formula is C17H21ClN2S. The molecule has 0 amide bonds. The van der Waals surface area contributed by atoms with Crippen LogP contribution >= 0.6 is 22.9 Å². The van der Waals surface area contributed by atoms with E-state index in [1.54, 1.807) is 11.3 Å². The van der Waals surface area contributed by atoms with Crippen LogP contribution in [0.2, 0.25) is 0 Å². The van der Waals surface area contributed by atoms with Gasteiger partial charge in [-0.25, -0.2) is 4.98 Å². The average molecular weight is 321 g/mol. The van der Waals surface area contributed by atoms with E-state index in [4.69, 9.17) is 11.6 Å². The molecule has 0 spiro atoms. The Morgan fingerprint density at radius 3 is 3.05 bits per heavy atom. The number of aromatic nitrogens is 1. The molecule has 1 aromatic heterocycles. The fourth-order valence-electron chi connectivity index (χ4n) is 3.06. The molecule has 2 nitrogen and oxygen atoms in total. The number of rotatable bonds is 5. The van der Waals surface area contributed by atoms with Gasteiger partial charge in [0.15, 0.2) is 0 Å². The van der Waals surface area contributed by atoms with Gasteiger partial charge in [0.2, 0.25) is 0 Å². The van der Waals surface area contributed by atoms with Crippen LogP contribution in [0, 0.1) is 5.92 Å². The van der Waals surface area contributed by atoms with Crippen molar-refractivity contribution in [3.63, 3.8) is 0 Å². The summed E-state index contributed by atoms with van der Waals surface area (Å²) >= 11 is 7.54. The second-order valence-electron chi connectivity index (χ2n) is 5.85. The minimum Gasteiger partial charge on any atom is -0.371 e. The molecule has 3 rings (SSSR count). The van der Waals surface area contributed by atoms with Crippen molar-refractivity contribution in [3.05, 3.63) is 45.9 Å². The van der Waals surface area contributed by atoms with Crippen LogP contribution in [0.15, 0.2) is 29.6 Å². The van der Waals surface area contributed by atoms with Crippen molar-refractivity contribution in [3.8, 4) is 0 Å². The van der Waals surface area contributed by atoms with Gasteiger partial charge in [-0.05, 0) is 30.4 Å². The molecule has 1 aromatic carbocycles. The summed E-state index contributed by atoms with van der Waals surface area (Å²) in [5.41, 5.74) is 3.93. The molecule has 112 valence electrons. The standard InChI is InChI=1S/C17H21ClN2S/c1-13-9-14-5-2-3-6-16(14)20(11-13)8-4-7-17-19-15(10-18)12-21-17/h2-3,5-6,12-13H,4,7-11H2,1H3. The molecule has 0 saturated heterocycles. The molecule has 1 aliphatic rings. The maximum atomic E-state index is 5.80. The van der Waals surface area contributed by atoms with E-state index in [2.05, 4.69) is 46.5 Å². The van der Waals surface area contributed by atoms with Crippen molar-refractivity contribution in [2.24, 2.45) is 5.92 Å². The van der Waals surface area contributed by atoms with Gasteiger partial charge < -0.3 is 4.90 Å². The highest BCUT2D eigenvalue weighted by molar-refractivity contribution is 7.09. The second kappa shape index (κ2) is 6.80. The summed E-state index contributed by atoms with van der Waals surface area (Å²) in [5.74, 6) is 1.26. The number of nitrogens with zero attached hydrogens (tertiary/aromatic N) is 2. The zero-order valence-electron chi connectivity index (χ0n) is 12.4. The summed E-state index contributed by atoms with van der Waals surface area (Å²) in [6.45, 7) is 4.62. The van der Waals surface area contributed by atoms with E-state index in [1.807, 2.05) is 0 Å². The Hall–Kier alpha value is -1.06. The predicted molar refractivity (Wildman–Crippen MR) is 91.5 cm³/mol. The van der Waals surface area contributed by atoms with Gasteiger partial charge in [0, 0.05) is 30.6 Å². The first-order valence-corrected chi connectivity index (χ1v) is 9.00. The number of para-hydroxylation sites is 1. The van der Waals surface area contributed by atoms with Gasteiger partial charge >= 0.3 is 0 Å². The number of thiazole rings is 1. The van der Waals surface area contributed by atoms with Crippen LogP contribution in [0.4, 0.5) is 5.69 Å². The number of hydrogen-bond acceptors (Lipinski definition) is 3. The molecule has 0 aliphatic carbocycles. The second-order valence-corrected chi connectivity index (χ2v) is 7.06. The Balaban J connectivity index is 1.60. The highest BCUT2D eigenvalue weighted by atomic mass is 35.5. The number of aryl methyl sites for hydroxylation is 1. The largest absolute Gasteiger partial charge is 0.371 e. The lowest BCUT2D eigenvalue weighted by molar-refractivity contribution is 0.526. The summed E-state index contributed by atoms with van der Waals surface area (Å²) in [4.78, 5) is 7.08. The number of alkyl halides is 1. The van der Waals surface area contributed by atoms with E-state index in [-0.39, 0.29) is 0 Å². The first-order valence-electron chi connectivity index (χ1n) is 7.58. The number of halogens is 1. The fraction of sp³-hybridized carbons (Fsp3) is 0.471. The van der Waals surface area contributed by atoms with Crippen molar-refractivity contribution < 1.29 is 0 Å². The van der Waals surface area contributed by atoms with Crippen molar-refractivity contribution >= 4 is 28.6 Å². The Kier molecular flexibility index (Phi) is 4.81. The number of anilines is 1. The zero-order chi connectivity index (χ0) is 14.7. The maximum absolute atomic E-state index is 5.80. The van der Waals surface area contributed by atoms with Crippen LogP contribution in [0.3, 0.4) is 0 Å². The fourth-order valence-corrected chi connectivity index (χ4v) is 4.13. The molecule has 1 aliphatic heterocycles. The smallest absolute Gasteiger partial charge is 0.0929 e. The minimum absolute atomic E-state index is 0.521. The van der Waals surface area contributed by atoms with Gasteiger partial charge in [0.1, 0.15) is 0 Å². The highest BCUT2D eigenvalue weighted by Gasteiger charge is 2.20. The van der Waals surface area contributed by atoms with Crippen molar-refractivity contribution in [2.75, 3.05) is 18.0 Å². The summed E-state index contributed by atoms with van der Waals surface area (Å²) in [5, 5.41) is 3.28. The van der Waals surface area contributed by atoms with E-state index in [0.717, 1.165) is 31.0 Å². The molecule has 2 aromatic rings. The molecule has 0 radical (unpaired) electrons. The molecule has 1 atom stereocenters. The van der Waals surface area contributed by atoms with E-state index in [9.17, 15) is 0 Å².